The van der Waals surface area contributed by atoms with Crippen molar-refractivity contribution in [2.24, 2.45) is 0 Å². The van der Waals surface area contributed by atoms with E-state index in [1.807, 2.05) is 34.9 Å². The van der Waals surface area contributed by atoms with Crippen molar-refractivity contribution >= 4 is 23.0 Å². The molecular formula is C22H23N5O3. The quantitative estimate of drug-likeness (QED) is 0.655. The molecule has 0 saturated carbocycles. The van der Waals surface area contributed by atoms with Gasteiger partial charge in [0.25, 0.3) is 5.56 Å². The number of carboxylic acids is 1. The first-order valence-corrected chi connectivity index (χ1v) is 10.0. The van der Waals surface area contributed by atoms with Crippen LogP contribution in [-0.4, -0.2) is 43.5 Å². The molecule has 8 heteroatoms. The molecule has 1 saturated heterocycles. The Morgan fingerprint density at radius 1 is 1.17 bits per heavy atom. The Morgan fingerprint density at radius 2 is 1.90 bits per heavy atom. The van der Waals surface area contributed by atoms with Crippen LogP contribution in [0.3, 0.4) is 0 Å². The van der Waals surface area contributed by atoms with E-state index >= 15 is 0 Å². The van der Waals surface area contributed by atoms with Crippen molar-refractivity contribution in [2.45, 2.75) is 39.3 Å². The molecule has 0 bridgehead atoms. The highest BCUT2D eigenvalue weighted by molar-refractivity contribution is 5.91. The molecular weight excluding hydrogens is 382 g/mol. The van der Waals surface area contributed by atoms with Crippen LogP contribution in [0.15, 0.2) is 35.1 Å². The first-order valence-electron chi connectivity index (χ1n) is 10.0. The van der Waals surface area contributed by atoms with Gasteiger partial charge in [0.15, 0.2) is 0 Å². The standard InChI is InChI=1S/C22H23N5O3/c1-2-3-14-26-20-19(23-22(26)25-12-8-5-9-13-25)18(16-10-6-4-7-11-16)24-27(21(20)30)15-17(28)29/h4,6-7,10-11H,5,8-9,12-15H2,1H3,(H,28,29). The van der Waals surface area contributed by atoms with E-state index in [-0.39, 0.29) is 0 Å². The van der Waals surface area contributed by atoms with Crippen molar-refractivity contribution in [1.29, 1.82) is 0 Å². The molecule has 0 atom stereocenters. The number of aromatic nitrogens is 4. The molecule has 0 amide bonds. The third-order valence-electron chi connectivity index (χ3n) is 5.21. The van der Waals surface area contributed by atoms with Crippen LogP contribution < -0.4 is 10.5 Å². The lowest BCUT2D eigenvalue weighted by Crippen LogP contribution is -2.32. The number of rotatable bonds is 5. The largest absolute Gasteiger partial charge is 0.480 e. The maximum Gasteiger partial charge on any atom is 0.325 e. The first-order chi connectivity index (χ1) is 14.6. The lowest BCUT2D eigenvalue weighted by Gasteiger charge is -2.27. The van der Waals surface area contributed by atoms with Crippen molar-refractivity contribution in [2.75, 3.05) is 18.0 Å². The molecule has 0 aliphatic carbocycles. The summed E-state index contributed by atoms with van der Waals surface area (Å²) in [6, 6.07) is 9.40. The van der Waals surface area contributed by atoms with Gasteiger partial charge in [-0.05, 0) is 26.2 Å². The maximum atomic E-state index is 13.2. The predicted octanol–water partition coefficient (Wildman–Crippen LogP) is 2.36. The van der Waals surface area contributed by atoms with E-state index in [2.05, 4.69) is 21.8 Å². The van der Waals surface area contributed by atoms with Crippen molar-refractivity contribution in [3.63, 3.8) is 0 Å². The molecule has 0 unspecified atom stereocenters. The van der Waals surface area contributed by atoms with Gasteiger partial charge in [-0.15, -0.1) is 5.92 Å². The van der Waals surface area contributed by atoms with E-state index in [0.717, 1.165) is 36.2 Å². The molecule has 1 aliphatic heterocycles. The van der Waals surface area contributed by atoms with E-state index in [4.69, 9.17) is 4.98 Å². The average Bonchev–Trinajstić information content (AvgIpc) is 3.15. The second-order valence-electron chi connectivity index (χ2n) is 7.24. The molecule has 154 valence electrons. The van der Waals surface area contributed by atoms with Gasteiger partial charge in [0, 0.05) is 18.7 Å². The first kappa shape index (κ1) is 19.7. The molecule has 1 aliphatic rings. The fourth-order valence-corrected chi connectivity index (χ4v) is 3.83. The van der Waals surface area contributed by atoms with Gasteiger partial charge in [-0.2, -0.15) is 5.10 Å². The molecule has 3 aromatic rings. The zero-order valence-corrected chi connectivity index (χ0v) is 16.8. The van der Waals surface area contributed by atoms with Crippen LogP contribution in [-0.2, 0) is 17.9 Å². The molecule has 1 N–H and O–H groups in total. The summed E-state index contributed by atoms with van der Waals surface area (Å²) in [5, 5.41) is 13.7. The number of nitrogens with zero attached hydrogens (tertiary/aromatic N) is 5. The fraction of sp³-hybridized carbons (Fsp3) is 0.364. The lowest BCUT2D eigenvalue weighted by atomic mass is 10.1. The lowest BCUT2D eigenvalue weighted by molar-refractivity contribution is -0.137. The summed E-state index contributed by atoms with van der Waals surface area (Å²) in [5.74, 6) is 5.47. The number of anilines is 1. The highest BCUT2D eigenvalue weighted by Crippen LogP contribution is 2.29. The number of piperidine rings is 1. The number of benzene rings is 1. The molecule has 0 spiro atoms. The van der Waals surface area contributed by atoms with E-state index in [1.54, 1.807) is 6.92 Å². The van der Waals surface area contributed by atoms with E-state index in [9.17, 15) is 14.7 Å². The maximum absolute atomic E-state index is 13.2. The Bertz CT molecular complexity index is 1190. The molecule has 2 aromatic heterocycles. The van der Waals surface area contributed by atoms with Gasteiger partial charge in [0.1, 0.15) is 23.3 Å². The van der Waals surface area contributed by atoms with Crippen LogP contribution in [0, 0.1) is 11.8 Å². The molecule has 8 nitrogen and oxygen atoms in total. The topological polar surface area (TPSA) is 93.2 Å². The van der Waals surface area contributed by atoms with Crippen molar-refractivity contribution < 1.29 is 9.90 Å². The highest BCUT2D eigenvalue weighted by atomic mass is 16.4. The Balaban J connectivity index is 2.03. The SMILES string of the molecule is CC#CCn1c(N2CCCCC2)nc2c(-c3ccccc3)nn(CC(=O)O)c(=O)c21. The summed E-state index contributed by atoms with van der Waals surface area (Å²) in [5.41, 5.74) is 1.62. The smallest absolute Gasteiger partial charge is 0.325 e. The number of carboxylic acid groups (broad SMARTS) is 1. The minimum absolute atomic E-state index is 0.305. The van der Waals surface area contributed by atoms with Crippen LogP contribution >= 0.6 is 0 Å². The number of aliphatic carboxylic acids is 1. The third kappa shape index (κ3) is 3.66. The van der Waals surface area contributed by atoms with Gasteiger partial charge in [-0.25, -0.2) is 9.67 Å². The van der Waals surface area contributed by atoms with Crippen molar-refractivity contribution in [1.82, 2.24) is 19.3 Å². The monoisotopic (exact) mass is 405 g/mol. The Hall–Kier alpha value is -3.60. The zero-order valence-electron chi connectivity index (χ0n) is 16.8. The Kier molecular flexibility index (Phi) is 5.53. The van der Waals surface area contributed by atoms with Crippen LogP contribution in [0.1, 0.15) is 26.2 Å². The minimum atomic E-state index is -1.13. The van der Waals surface area contributed by atoms with Gasteiger partial charge in [-0.3, -0.25) is 14.2 Å². The van der Waals surface area contributed by atoms with Gasteiger partial charge >= 0.3 is 5.97 Å². The summed E-state index contributed by atoms with van der Waals surface area (Å²) in [7, 11) is 0. The van der Waals surface area contributed by atoms with E-state index < -0.39 is 18.1 Å². The molecule has 30 heavy (non-hydrogen) atoms. The minimum Gasteiger partial charge on any atom is -0.480 e. The van der Waals surface area contributed by atoms with Gasteiger partial charge in [0.05, 0.1) is 6.54 Å². The predicted molar refractivity (Wildman–Crippen MR) is 114 cm³/mol. The normalized spacial score (nSPS) is 13.8. The fourth-order valence-electron chi connectivity index (χ4n) is 3.83. The molecule has 1 fully saturated rings. The zero-order chi connectivity index (χ0) is 21.1. The second kappa shape index (κ2) is 8.41. The molecule has 3 heterocycles. The Morgan fingerprint density at radius 3 is 2.57 bits per heavy atom. The summed E-state index contributed by atoms with van der Waals surface area (Å²) < 4.78 is 2.82. The summed E-state index contributed by atoms with van der Waals surface area (Å²) >= 11 is 0. The number of imidazole rings is 1. The van der Waals surface area contributed by atoms with Crippen molar-refractivity contribution in [3.8, 4) is 23.1 Å². The molecule has 1 aromatic carbocycles. The molecule has 0 radical (unpaired) electrons. The summed E-state index contributed by atoms with van der Waals surface area (Å²) in [6.07, 6.45) is 3.30. The Labute approximate surface area is 173 Å². The number of hydrogen-bond donors (Lipinski definition) is 1. The van der Waals surface area contributed by atoms with Crippen LogP contribution in [0.25, 0.3) is 22.3 Å². The van der Waals surface area contributed by atoms with Gasteiger partial charge < -0.3 is 10.0 Å². The molecule has 4 rings (SSSR count). The van der Waals surface area contributed by atoms with E-state index in [0.29, 0.717) is 29.2 Å². The third-order valence-corrected chi connectivity index (χ3v) is 5.21. The summed E-state index contributed by atoms with van der Waals surface area (Å²) in [4.78, 5) is 31.6. The second-order valence-corrected chi connectivity index (χ2v) is 7.24. The average molecular weight is 405 g/mol. The van der Waals surface area contributed by atoms with Crippen LogP contribution in [0.5, 0.6) is 0 Å². The van der Waals surface area contributed by atoms with Crippen molar-refractivity contribution in [3.05, 3.63) is 40.7 Å². The van der Waals surface area contributed by atoms with Crippen LogP contribution in [0.4, 0.5) is 5.95 Å². The van der Waals surface area contributed by atoms with Gasteiger partial charge in [0.2, 0.25) is 5.95 Å². The van der Waals surface area contributed by atoms with Gasteiger partial charge in [-0.1, -0.05) is 36.3 Å². The van der Waals surface area contributed by atoms with E-state index in [1.165, 1.54) is 6.42 Å². The van der Waals surface area contributed by atoms with Crippen LogP contribution in [0.2, 0.25) is 0 Å². The number of carbonyl (C=O) groups is 1. The highest BCUT2D eigenvalue weighted by Gasteiger charge is 2.25. The number of hydrogen-bond acceptors (Lipinski definition) is 5. The summed E-state index contributed by atoms with van der Waals surface area (Å²) in [6.45, 7) is 3.26. The number of fused-ring (bicyclic) bond motifs is 1.